The monoisotopic (exact) mass is 551 g/mol. The molecule has 0 spiro atoms. The van der Waals surface area contributed by atoms with Gasteiger partial charge in [0, 0.05) is 9.79 Å². The molecule has 0 bridgehead atoms. The van der Waals surface area contributed by atoms with E-state index >= 15 is 0 Å². The van der Waals surface area contributed by atoms with Gasteiger partial charge in [-0.25, -0.2) is 4.99 Å². The molecule has 0 aromatic heterocycles. The Bertz CT molecular complexity index is 1120. The summed E-state index contributed by atoms with van der Waals surface area (Å²) in [6.07, 6.45) is 2.13. The lowest BCUT2D eigenvalue weighted by atomic mass is 10.3. The van der Waals surface area contributed by atoms with E-state index in [2.05, 4.69) is 66.9 Å². The lowest BCUT2D eigenvalue weighted by Gasteiger charge is -2.25. The number of hydrogen-bond donors (Lipinski definition) is 0. The van der Waals surface area contributed by atoms with Crippen molar-refractivity contribution in [3.8, 4) is 5.75 Å². The van der Waals surface area contributed by atoms with Crippen LogP contribution in [-0.2, 0) is 0 Å². The molecule has 1 unspecified atom stereocenters. The number of rotatable bonds is 11. The van der Waals surface area contributed by atoms with E-state index in [9.17, 15) is 0 Å². The number of thioether (sulfide) groups is 1. The molecule has 0 saturated heterocycles. The lowest BCUT2D eigenvalue weighted by Crippen LogP contribution is -2.30. The molecular formula is C28H25NOS5. The van der Waals surface area contributed by atoms with Gasteiger partial charge < -0.3 is 4.74 Å². The van der Waals surface area contributed by atoms with Crippen LogP contribution in [0, 0.1) is 0 Å². The van der Waals surface area contributed by atoms with Crippen molar-refractivity contribution >= 4 is 66.5 Å². The van der Waals surface area contributed by atoms with E-state index in [4.69, 9.17) is 9.73 Å². The summed E-state index contributed by atoms with van der Waals surface area (Å²) in [6, 6.07) is 41.0. The number of para-hydroxylation sites is 2. The molecule has 4 aromatic rings. The van der Waals surface area contributed by atoms with E-state index in [-0.39, 0.29) is 9.83 Å². The first kappa shape index (κ1) is 26.2. The van der Waals surface area contributed by atoms with Crippen molar-refractivity contribution in [2.45, 2.75) is 19.6 Å². The molecule has 1 atom stereocenters. The van der Waals surface area contributed by atoms with Gasteiger partial charge in [-0.05, 0) is 54.8 Å². The second-order valence-electron chi connectivity index (χ2n) is 7.21. The highest BCUT2D eigenvalue weighted by Crippen LogP contribution is 2.49. The van der Waals surface area contributed by atoms with Gasteiger partial charge in [-0.2, -0.15) is 0 Å². The average molecular weight is 552 g/mol. The lowest BCUT2D eigenvalue weighted by molar-refractivity contribution is 0.538. The normalized spacial score (nSPS) is 12.5. The van der Waals surface area contributed by atoms with Crippen LogP contribution in [0.25, 0.3) is 0 Å². The molecule has 0 N–H and O–H groups in total. The molecule has 35 heavy (non-hydrogen) atoms. The van der Waals surface area contributed by atoms with Crippen molar-refractivity contribution in [2.75, 3.05) is 6.26 Å². The Morgan fingerprint density at radius 3 is 1.57 bits per heavy atom. The van der Waals surface area contributed by atoms with E-state index in [0.29, 0.717) is 5.90 Å². The van der Waals surface area contributed by atoms with Gasteiger partial charge in [-0.15, -0.1) is 11.8 Å². The molecule has 7 heteroatoms. The van der Waals surface area contributed by atoms with Crippen LogP contribution >= 0.6 is 54.9 Å². The predicted octanol–water partition coefficient (Wildman–Crippen LogP) is 9.73. The molecule has 178 valence electrons. The summed E-state index contributed by atoms with van der Waals surface area (Å²) >= 11 is 1.77. The molecule has 4 rings (SSSR count). The van der Waals surface area contributed by atoms with E-state index in [1.807, 2.05) is 82.3 Å². The quantitative estimate of drug-likeness (QED) is 0.0795. The number of hydrogen-bond acceptors (Lipinski definition) is 7. The number of benzene rings is 4. The van der Waals surface area contributed by atoms with Crippen LogP contribution in [0.4, 0.5) is 5.69 Å². The fraction of sp³-hybridized carbons (Fsp3) is 0.107. The molecule has 0 heterocycles. The Labute approximate surface area is 227 Å². The minimum absolute atomic E-state index is 0.0258. The molecular weight excluding hydrogens is 527 g/mol. The van der Waals surface area contributed by atoms with Gasteiger partial charge in [-0.1, -0.05) is 116 Å². The fourth-order valence-electron chi connectivity index (χ4n) is 2.99. The van der Waals surface area contributed by atoms with E-state index in [1.54, 1.807) is 33.3 Å². The van der Waals surface area contributed by atoms with Gasteiger partial charge >= 0.3 is 0 Å². The second-order valence-corrected chi connectivity index (χ2v) is 13.3. The Morgan fingerprint density at radius 2 is 1.09 bits per heavy atom. The second kappa shape index (κ2) is 14.6. The third-order valence-electron chi connectivity index (χ3n) is 4.67. The molecule has 0 aliphatic rings. The fourth-order valence-corrected chi connectivity index (χ4v) is 10.9. The van der Waals surface area contributed by atoms with Crippen molar-refractivity contribution in [1.82, 2.24) is 0 Å². The topological polar surface area (TPSA) is 21.6 Å². The van der Waals surface area contributed by atoms with E-state index in [1.165, 1.54) is 9.79 Å². The minimum atomic E-state index is 0.0258. The first-order chi connectivity index (χ1) is 17.3. The Balaban J connectivity index is 1.62. The predicted molar refractivity (Wildman–Crippen MR) is 161 cm³/mol. The highest BCUT2D eigenvalue weighted by Gasteiger charge is 2.30. The largest absolute Gasteiger partial charge is 0.442 e. The molecule has 0 aliphatic heterocycles. The first-order valence-corrected chi connectivity index (χ1v) is 16.7. The summed E-state index contributed by atoms with van der Waals surface area (Å²) in [5.41, 5.74) is 0.887. The molecule has 0 fully saturated rings. The smallest absolute Gasteiger partial charge is 0.210 e. The third kappa shape index (κ3) is 8.62. The maximum Gasteiger partial charge on any atom is 0.210 e. The number of ether oxygens (including phenoxy) is 1. The van der Waals surface area contributed by atoms with Gasteiger partial charge in [-0.3, -0.25) is 0 Å². The average Bonchev–Trinajstić information content (AvgIpc) is 2.92. The highest BCUT2D eigenvalue weighted by molar-refractivity contribution is 8.85. The van der Waals surface area contributed by atoms with Crippen molar-refractivity contribution in [3.63, 3.8) is 0 Å². The zero-order valence-corrected chi connectivity index (χ0v) is 23.2. The summed E-state index contributed by atoms with van der Waals surface area (Å²) in [7, 11) is 7.30. The SMILES string of the molecule is CSC(C(=Nc1ccccc1)Oc1ccccc1)C(SSc1ccccc1)SSc1ccccc1. The molecule has 2 nitrogen and oxygen atoms in total. The molecule has 0 saturated carbocycles. The summed E-state index contributed by atoms with van der Waals surface area (Å²) < 4.78 is 6.61. The molecule has 0 amide bonds. The van der Waals surface area contributed by atoms with Crippen LogP contribution in [0.1, 0.15) is 0 Å². The van der Waals surface area contributed by atoms with Crippen molar-refractivity contribution in [1.29, 1.82) is 0 Å². The molecule has 4 aromatic carbocycles. The van der Waals surface area contributed by atoms with E-state index in [0.717, 1.165) is 11.4 Å². The van der Waals surface area contributed by atoms with Crippen LogP contribution in [0.15, 0.2) is 136 Å². The zero-order valence-electron chi connectivity index (χ0n) is 19.1. The standard InChI is InChI=1S/C28H25NOS5/c1-31-26(27(29-22-14-6-2-7-15-22)30-23-16-8-3-9-17-23)28(34-32-24-18-10-4-11-19-24)35-33-25-20-12-5-13-21-25/h2-21,26,28H,1H3. The van der Waals surface area contributed by atoms with Crippen molar-refractivity contribution in [3.05, 3.63) is 121 Å². The van der Waals surface area contributed by atoms with Crippen LogP contribution in [0.3, 0.4) is 0 Å². The maximum absolute atomic E-state index is 6.44. The van der Waals surface area contributed by atoms with Crippen molar-refractivity contribution in [2.24, 2.45) is 4.99 Å². The van der Waals surface area contributed by atoms with Gasteiger partial charge in [0.15, 0.2) is 0 Å². The van der Waals surface area contributed by atoms with Gasteiger partial charge in [0.2, 0.25) is 5.90 Å². The summed E-state index contributed by atoms with van der Waals surface area (Å²) in [5.74, 6) is 1.50. The van der Waals surface area contributed by atoms with Crippen LogP contribution < -0.4 is 4.74 Å². The van der Waals surface area contributed by atoms with Gasteiger partial charge in [0.05, 0.1) is 10.3 Å². The number of nitrogens with zero attached hydrogens (tertiary/aromatic N) is 1. The van der Waals surface area contributed by atoms with Crippen LogP contribution in [-0.4, -0.2) is 22.0 Å². The first-order valence-electron chi connectivity index (χ1n) is 11.0. The zero-order chi connectivity index (χ0) is 24.1. The summed E-state index contributed by atoms with van der Waals surface area (Å²) in [5, 5.41) is 0.0258. The van der Waals surface area contributed by atoms with Crippen LogP contribution in [0.2, 0.25) is 0 Å². The number of aliphatic imine (C=N–C) groups is 1. The Hall–Kier alpha value is -1.90. The Kier molecular flexibility index (Phi) is 10.9. The Morgan fingerprint density at radius 1 is 0.629 bits per heavy atom. The summed E-state index contributed by atoms with van der Waals surface area (Å²) in [6.45, 7) is 0. The van der Waals surface area contributed by atoms with E-state index < -0.39 is 0 Å². The van der Waals surface area contributed by atoms with Gasteiger partial charge in [0.25, 0.3) is 0 Å². The molecule has 0 aliphatic carbocycles. The third-order valence-corrected chi connectivity index (χ3v) is 12.3. The summed E-state index contributed by atoms with van der Waals surface area (Å²) in [4.78, 5) is 7.45. The van der Waals surface area contributed by atoms with Gasteiger partial charge in [0.1, 0.15) is 11.0 Å². The maximum atomic E-state index is 6.44. The highest BCUT2D eigenvalue weighted by atomic mass is 33.1. The minimum Gasteiger partial charge on any atom is -0.442 e. The molecule has 0 radical (unpaired) electrons. The van der Waals surface area contributed by atoms with Crippen molar-refractivity contribution < 1.29 is 4.74 Å². The van der Waals surface area contributed by atoms with Crippen LogP contribution in [0.5, 0.6) is 5.75 Å².